The van der Waals surface area contributed by atoms with Gasteiger partial charge in [-0.2, -0.15) is 5.10 Å². The van der Waals surface area contributed by atoms with Gasteiger partial charge in [0.05, 0.1) is 15.7 Å². The Hall–Kier alpha value is -1.19. The van der Waals surface area contributed by atoms with Crippen LogP contribution in [0.15, 0.2) is 24.4 Å². The van der Waals surface area contributed by atoms with E-state index in [2.05, 4.69) is 10.4 Å². The van der Waals surface area contributed by atoms with Gasteiger partial charge in [-0.1, -0.05) is 23.2 Å². The summed E-state index contributed by atoms with van der Waals surface area (Å²) in [7, 11) is 1.91. The van der Waals surface area contributed by atoms with Crippen LogP contribution in [0.5, 0.6) is 0 Å². The van der Waals surface area contributed by atoms with E-state index >= 15 is 0 Å². The molecule has 1 heterocycles. The van der Waals surface area contributed by atoms with Crippen LogP contribution in [0.3, 0.4) is 0 Å². The Kier molecular flexibility index (Phi) is 3.60. The summed E-state index contributed by atoms with van der Waals surface area (Å²) in [6.07, 6.45) is 2.00. The summed E-state index contributed by atoms with van der Waals surface area (Å²) in [5.41, 5.74) is 3.14. The molecule has 0 saturated heterocycles. The average molecular weight is 270 g/mol. The number of aromatic nitrogens is 2. The van der Waals surface area contributed by atoms with Crippen molar-refractivity contribution in [1.29, 1.82) is 0 Å². The summed E-state index contributed by atoms with van der Waals surface area (Å²) in [5, 5.41) is 8.69. The van der Waals surface area contributed by atoms with Crippen LogP contribution in [0.2, 0.25) is 10.0 Å². The summed E-state index contributed by atoms with van der Waals surface area (Å²) in [5.74, 6) is 0. The van der Waals surface area contributed by atoms with Gasteiger partial charge in [0.1, 0.15) is 0 Å². The van der Waals surface area contributed by atoms with E-state index in [0.717, 1.165) is 17.9 Å². The van der Waals surface area contributed by atoms with Gasteiger partial charge >= 0.3 is 0 Å². The van der Waals surface area contributed by atoms with Gasteiger partial charge in [0.25, 0.3) is 0 Å². The molecule has 2 rings (SSSR count). The number of rotatable bonds is 3. The number of hydrogen-bond donors (Lipinski definition) is 1. The normalized spacial score (nSPS) is 10.6. The van der Waals surface area contributed by atoms with E-state index in [0.29, 0.717) is 10.0 Å². The van der Waals surface area contributed by atoms with Crippen molar-refractivity contribution in [2.45, 2.75) is 13.5 Å². The molecule has 0 amide bonds. The lowest BCUT2D eigenvalue weighted by Gasteiger charge is -2.06. The molecule has 0 aliphatic heterocycles. The molecule has 3 nitrogen and oxygen atoms in total. The van der Waals surface area contributed by atoms with Crippen LogP contribution >= 0.6 is 23.2 Å². The van der Waals surface area contributed by atoms with Crippen molar-refractivity contribution < 1.29 is 0 Å². The highest BCUT2D eigenvalue weighted by Gasteiger charge is 2.03. The van der Waals surface area contributed by atoms with Crippen molar-refractivity contribution in [2.24, 2.45) is 7.05 Å². The Morgan fingerprint density at radius 2 is 2.06 bits per heavy atom. The Morgan fingerprint density at radius 3 is 2.65 bits per heavy atom. The van der Waals surface area contributed by atoms with Gasteiger partial charge in [-0.25, -0.2) is 0 Å². The Morgan fingerprint density at radius 1 is 1.29 bits per heavy atom. The lowest BCUT2D eigenvalue weighted by molar-refractivity contribution is 0.756. The molecule has 5 heteroatoms. The molecule has 0 radical (unpaired) electrons. The molecule has 0 bridgehead atoms. The maximum absolute atomic E-state index is 5.94. The predicted octanol–water partition coefficient (Wildman–Crippen LogP) is 3.65. The summed E-state index contributed by atoms with van der Waals surface area (Å²) >= 11 is 11.8. The molecule has 0 aliphatic carbocycles. The van der Waals surface area contributed by atoms with Crippen LogP contribution in [0.4, 0.5) is 5.69 Å². The highest BCUT2D eigenvalue weighted by Crippen LogP contribution is 2.25. The number of nitrogens with one attached hydrogen (secondary N) is 1. The first kappa shape index (κ1) is 12.3. The Labute approximate surface area is 110 Å². The number of nitrogens with zero attached hydrogens (tertiary/aromatic N) is 2. The van der Waals surface area contributed by atoms with Gasteiger partial charge in [0.2, 0.25) is 0 Å². The molecular formula is C12H13Cl2N3. The second kappa shape index (κ2) is 4.98. The summed E-state index contributed by atoms with van der Waals surface area (Å²) in [6.45, 7) is 2.71. The molecule has 1 aromatic heterocycles. The molecule has 0 fully saturated rings. The maximum atomic E-state index is 5.94. The molecule has 0 atom stereocenters. The minimum Gasteiger partial charge on any atom is -0.381 e. The second-order valence-electron chi connectivity index (χ2n) is 3.90. The first-order valence-corrected chi connectivity index (χ1v) is 6.00. The number of anilines is 1. The fourth-order valence-corrected chi connectivity index (χ4v) is 1.92. The second-order valence-corrected chi connectivity index (χ2v) is 4.71. The van der Waals surface area contributed by atoms with E-state index in [1.807, 2.05) is 32.3 Å². The summed E-state index contributed by atoms with van der Waals surface area (Å²) < 4.78 is 1.81. The van der Waals surface area contributed by atoms with Crippen LogP contribution < -0.4 is 5.32 Å². The van der Waals surface area contributed by atoms with E-state index in [1.165, 1.54) is 5.56 Å². The van der Waals surface area contributed by atoms with Crippen molar-refractivity contribution >= 4 is 28.9 Å². The van der Waals surface area contributed by atoms with Gasteiger partial charge in [-0.05, 0) is 25.1 Å². The van der Waals surface area contributed by atoms with Crippen LogP contribution in [-0.4, -0.2) is 9.78 Å². The third kappa shape index (κ3) is 2.93. The smallest absolute Gasteiger partial charge is 0.0643 e. The summed E-state index contributed by atoms with van der Waals surface area (Å²) in [4.78, 5) is 0. The third-order valence-electron chi connectivity index (χ3n) is 2.52. The number of benzene rings is 1. The number of aryl methyl sites for hydroxylation is 2. The molecule has 0 spiro atoms. The van der Waals surface area contributed by atoms with Crippen LogP contribution in [-0.2, 0) is 13.6 Å². The largest absolute Gasteiger partial charge is 0.381 e. The predicted molar refractivity (Wildman–Crippen MR) is 71.7 cm³/mol. The molecular weight excluding hydrogens is 257 g/mol. The molecule has 0 saturated carbocycles. The highest BCUT2D eigenvalue weighted by atomic mass is 35.5. The third-order valence-corrected chi connectivity index (χ3v) is 3.26. The van der Waals surface area contributed by atoms with E-state index in [9.17, 15) is 0 Å². The standard InChI is InChI=1S/C12H13Cl2N3/c1-8-9(7-17(2)16-8)6-15-10-3-4-11(13)12(14)5-10/h3-5,7,15H,6H2,1-2H3. The molecule has 90 valence electrons. The zero-order valence-corrected chi connectivity index (χ0v) is 11.2. The quantitative estimate of drug-likeness (QED) is 0.922. The van der Waals surface area contributed by atoms with Crippen molar-refractivity contribution in [2.75, 3.05) is 5.32 Å². The van der Waals surface area contributed by atoms with Gasteiger partial charge in [0.15, 0.2) is 0 Å². The maximum Gasteiger partial charge on any atom is 0.0643 e. The van der Waals surface area contributed by atoms with Gasteiger partial charge in [-0.15, -0.1) is 0 Å². The molecule has 2 aromatic rings. The monoisotopic (exact) mass is 269 g/mol. The van der Waals surface area contributed by atoms with E-state index in [1.54, 1.807) is 10.7 Å². The molecule has 1 N–H and O–H groups in total. The Bertz CT molecular complexity index is 535. The van der Waals surface area contributed by atoms with Crippen LogP contribution in [0.1, 0.15) is 11.3 Å². The van der Waals surface area contributed by atoms with Crippen LogP contribution in [0.25, 0.3) is 0 Å². The molecule has 0 aliphatic rings. The highest BCUT2D eigenvalue weighted by molar-refractivity contribution is 6.42. The van der Waals surface area contributed by atoms with Crippen LogP contribution in [0, 0.1) is 6.92 Å². The summed E-state index contributed by atoms with van der Waals surface area (Å²) in [6, 6.07) is 5.50. The fraction of sp³-hybridized carbons (Fsp3) is 0.250. The van der Waals surface area contributed by atoms with E-state index in [-0.39, 0.29) is 0 Å². The molecule has 0 unspecified atom stereocenters. The fourth-order valence-electron chi connectivity index (χ4n) is 1.63. The van der Waals surface area contributed by atoms with Gasteiger partial charge < -0.3 is 5.32 Å². The number of halogens is 2. The van der Waals surface area contributed by atoms with Crippen molar-refractivity contribution in [3.8, 4) is 0 Å². The van der Waals surface area contributed by atoms with E-state index < -0.39 is 0 Å². The molecule has 17 heavy (non-hydrogen) atoms. The average Bonchev–Trinajstić information content (AvgIpc) is 2.59. The SMILES string of the molecule is Cc1nn(C)cc1CNc1ccc(Cl)c(Cl)c1. The first-order chi connectivity index (χ1) is 8.06. The minimum absolute atomic E-state index is 0.555. The lowest BCUT2D eigenvalue weighted by Crippen LogP contribution is -1.99. The van der Waals surface area contributed by atoms with E-state index in [4.69, 9.17) is 23.2 Å². The topological polar surface area (TPSA) is 29.9 Å². The van der Waals surface area contributed by atoms with Gasteiger partial charge in [-0.3, -0.25) is 4.68 Å². The molecule has 1 aromatic carbocycles. The number of hydrogen-bond acceptors (Lipinski definition) is 2. The van der Waals surface area contributed by atoms with Gasteiger partial charge in [0, 0.05) is 31.0 Å². The minimum atomic E-state index is 0.555. The zero-order chi connectivity index (χ0) is 12.4. The zero-order valence-electron chi connectivity index (χ0n) is 9.67. The van der Waals surface area contributed by atoms with Crippen molar-refractivity contribution in [3.63, 3.8) is 0 Å². The first-order valence-electron chi connectivity index (χ1n) is 5.24. The Balaban J connectivity index is 2.07. The lowest BCUT2D eigenvalue weighted by atomic mass is 10.2. The van der Waals surface area contributed by atoms with Crippen molar-refractivity contribution in [1.82, 2.24) is 9.78 Å². The van der Waals surface area contributed by atoms with Crippen molar-refractivity contribution in [3.05, 3.63) is 45.7 Å².